The summed E-state index contributed by atoms with van der Waals surface area (Å²) >= 11 is -2.71. The van der Waals surface area contributed by atoms with Gasteiger partial charge in [0, 0.05) is 23.0 Å². The smallest absolute Gasteiger partial charge is 0.326 e. The molecule has 42 heavy (non-hydrogen) atoms. The number of urea groups is 1. The number of benzene rings is 3. The number of unbranched alkanes of at least 4 members (excludes halogenated alkanes) is 1. The number of guanidine groups is 1. The number of rotatable bonds is 10. The van der Waals surface area contributed by atoms with Gasteiger partial charge in [-0.2, -0.15) is 9.55 Å². The minimum atomic E-state index is -2.71. The number of nitrogens with one attached hydrogen (secondary N) is 2. The van der Waals surface area contributed by atoms with Crippen LogP contribution in [0.4, 0.5) is 16.2 Å². The van der Waals surface area contributed by atoms with Gasteiger partial charge in [0.05, 0.1) is 13.2 Å². The molecule has 12 heteroatoms. The number of hydrogen-bond acceptors (Lipinski definition) is 5. The zero-order chi connectivity index (χ0) is 30.9. The Morgan fingerprint density at radius 2 is 1.74 bits per heavy atom. The largest absolute Gasteiger partial charge is 0.488 e. The van der Waals surface area contributed by atoms with Crippen molar-refractivity contribution in [1.82, 2.24) is 0 Å². The van der Waals surface area contributed by atoms with Gasteiger partial charge in [0.1, 0.15) is 0 Å². The van der Waals surface area contributed by atoms with Crippen molar-refractivity contribution >= 4 is 40.4 Å². The van der Waals surface area contributed by atoms with Gasteiger partial charge >= 0.3 is 6.03 Å². The van der Waals surface area contributed by atoms with Gasteiger partial charge in [0.2, 0.25) is 21.9 Å². The van der Waals surface area contributed by atoms with Crippen LogP contribution in [0.15, 0.2) is 81.7 Å². The molecule has 3 aromatic carbocycles. The Balaban J connectivity index is 1.90. The summed E-state index contributed by atoms with van der Waals surface area (Å²) < 4.78 is 27.6. The summed E-state index contributed by atoms with van der Waals surface area (Å²) in [5.41, 5.74) is 15.2. The third kappa shape index (κ3) is 8.79. The molecule has 1 unspecified atom stereocenters. The lowest BCUT2D eigenvalue weighted by Gasteiger charge is -2.25. The molecule has 0 fully saturated rings. The van der Waals surface area contributed by atoms with Crippen LogP contribution >= 0.6 is 0 Å². The zero-order valence-electron chi connectivity index (χ0n) is 24.1. The van der Waals surface area contributed by atoms with Crippen molar-refractivity contribution in [1.29, 1.82) is 5.53 Å². The topological polar surface area (TPSA) is 171 Å². The quantitative estimate of drug-likeness (QED) is 0.0528. The van der Waals surface area contributed by atoms with Crippen LogP contribution in [0.2, 0.25) is 0 Å². The molecule has 0 saturated heterocycles. The fraction of sp³-hybridized carbons (Fsp3) is 0.300. The molecule has 0 radical (unpaired) electrons. The molecule has 0 aliphatic carbocycles. The van der Waals surface area contributed by atoms with Crippen molar-refractivity contribution in [3.05, 3.63) is 83.4 Å². The van der Waals surface area contributed by atoms with Crippen LogP contribution in [-0.4, -0.2) is 29.1 Å². The molecule has 3 aromatic rings. The number of carbonyl (C=O) groups is 2. The van der Waals surface area contributed by atoms with Gasteiger partial charge in [-0.05, 0) is 59.4 Å². The van der Waals surface area contributed by atoms with Gasteiger partial charge in [0.15, 0.2) is 5.75 Å². The maximum Gasteiger partial charge on any atom is 0.326 e. The number of anilines is 2. The van der Waals surface area contributed by atoms with E-state index in [0.29, 0.717) is 23.7 Å². The maximum absolute atomic E-state index is 13.6. The number of nitrogens with two attached hydrogens (primary N) is 1. The highest BCUT2D eigenvalue weighted by Crippen LogP contribution is 2.29. The molecule has 1 atom stereocenters. The van der Waals surface area contributed by atoms with E-state index in [-0.39, 0.29) is 22.4 Å². The molecule has 222 valence electrons. The first kappa shape index (κ1) is 32.1. The number of nitrogens with zero attached hydrogens (tertiary/aromatic N) is 3. The van der Waals surface area contributed by atoms with Crippen molar-refractivity contribution in [2.75, 3.05) is 16.8 Å². The number of amides is 3. The summed E-state index contributed by atoms with van der Waals surface area (Å²) in [6.07, 6.45) is 1.73. The first-order valence-corrected chi connectivity index (χ1v) is 14.6. The highest BCUT2D eigenvalue weighted by molar-refractivity contribution is 7.79. The molecule has 0 spiro atoms. The lowest BCUT2D eigenvalue weighted by Crippen LogP contribution is -2.34. The van der Waals surface area contributed by atoms with Crippen LogP contribution in [0.5, 0.6) is 5.75 Å². The summed E-state index contributed by atoms with van der Waals surface area (Å²) in [7, 11) is 0. The van der Waals surface area contributed by atoms with Crippen molar-refractivity contribution in [2.24, 2.45) is 15.8 Å². The number of carbonyl (C=O) groups excluding carboxylic acids is 2. The second-order valence-electron chi connectivity index (χ2n) is 10.6. The summed E-state index contributed by atoms with van der Waals surface area (Å²) in [5.74, 6) is -0.778. The van der Waals surface area contributed by atoms with Gasteiger partial charge in [-0.1, -0.05) is 62.6 Å². The van der Waals surface area contributed by atoms with Crippen molar-refractivity contribution in [3.8, 4) is 5.75 Å². The Labute approximate surface area is 248 Å². The molecule has 0 saturated carbocycles. The van der Waals surface area contributed by atoms with Gasteiger partial charge < -0.3 is 15.8 Å². The molecule has 0 heterocycles. The molecule has 3 amide bonds. The first-order valence-electron chi connectivity index (χ1n) is 13.4. The molecule has 5 N–H and O–H groups in total. The third-order valence-corrected chi connectivity index (χ3v) is 7.10. The molecule has 3 rings (SSSR count). The van der Waals surface area contributed by atoms with E-state index in [2.05, 4.69) is 36.2 Å². The third-order valence-electron chi connectivity index (χ3n) is 6.33. The van der Waals surface area contributed by atoms with E-state index >= 15 is 0 Å². The van der Waals surface area contributed by atoms with E-state index in [0.717, 1.165) is 24.0 Å². The van der Waals surface area contributed by atoms with Crippen LogP contribution in [-0.2, 0) is 27.2 Å². The predicted octanol–water partition coefficient (Wildman–Crippen LogP) is 6.42. The second kappa shape index (κ2) is 14.5. The number of aliphatic imine (C=N–C) groups is 1. The predicted molar refractivity (Wildman–Crippen MR) is 165 cm³/mol. The summed E-state index contributed by atoms with van der Waals surface area (Å²) in [6.45, 7) is 8.90. The van der Waals surface area contributed by atoms with Crippen molar-refractivity contribution in [3.63, 3.8) is 0 Å². The van der Waals surface area contributed by atoms with E-state index in [1.807, 2.05) is 31.2 Å². The van der Waals surface area contributed by atoms with Gasteiger partial charge in [-0.15, -0.1) is 5.11 Å². The van der Waals surface area contributed by atoms with E-state index in [1.54, 1.807) is 36.4 Å². The highest BCUT2D eigenvalue weighted by atomic mass is 32.2. The molecule has 0 bridgehead atoms. The van der Waals surface area contributed by atoms with Crippen LogP contribution in [0.3, 0.4) is 0 Å². The Morgan fingerprint density at radius 3 is 2.31 bits per heavy atom. The van der Waals surface area contributed by atoms with E-state index in [1.165, 1.54) is 11.0 Å². The summed E-state index contributed by atoms with van der Waals surface area (Å²) in [4.78, 5) is 31.0. The first-order chi connectivity index (χ1) is 19.9. The minimum Gasteiger partial charge on any atom is -0.488 e. The Hall–Kier alpha value is -4.42. The fourth-order valence-corrected chi connectivity index (χ4v) is 4.51. The zero-order valence-corrected chi connectivity index (χ0v) is 25.0. The molecule has 0 aliphatic rings. The highest BCUT2D eigenvalue weighted by Gasteiger charge is 2.22. The molecule has 0 aliphatic heterocycles. The Morgan fingerprint density at radius 1 is 1.07 bits per heavy atom. The fourth-order valence-electron chi connectivity index (χ4n) is 3.93. The average molecular weight is 594 g/mol. The average Bonchev–Trinajstić information content (AvgIpc) is 2.96. The monoisotopic (exact) mass is 593 g/mol. The lowest BCUT2D eigenvalue weighted by molar-refractivity contribution is 0.100. The molecule has 11 nitrogen and oxygen atoms in total. The van der Waals surface area contributed by atoms with E-state index in [4.69, 9.17) is 16.0 Å². The van der Waals surface area contributed by atoms with Crippen molar-refractivity contribution in [2.45, 2.75) is 57.4 Å². The van der Waals surface area contributed by atoms with Gasteiger partial charge in [0.25, 0.3) is 5.91 Å². The SMILES string of the molecule is CCCCOc1ccc(NC(=O)N(Cc2ccc(C(=O)N=C(N)N=N)cc2)c2ccc(C(C)(C)C)cc2)cc1[SH+](=O)O. The number of thiol groups is 1. The Kier molecular flexibility index (Phi) is 11.1. The number of ether oxygens (including phenoxy) is 1. The number of hydrogen-bond donors (Lipinski definition) is 4. The van der Waals surface area contributed by atoms with Crippen LogP contribution in [0.25, 0.3) is 0 Å². The molecular weight excluding hydrogens is 556 g/mol. The standard InChI is InChI=1S/C30H36N6O5S/c1-5-6-17-41-25-16-13-23(18-26(25)42(39)40)33-29(38)36(24-14-11-22(12-15-24)30(2,3)4)19-20-7-9-21(10-8-20)27(37)34-28(31)35-32/h7-16,18,32H,5-6,17,19H2,1-4H3,(H,33,38)(H,39,40)(H2,31,34,37)/p+1. The van der Waals surface area contributed by atoms with E-state index < -0.39 is 29.0 Å². The maximum atomic E-state index is 13.6. The van der Waals surface area contributed by atoms with Gasteiger partial charge in [-0.25, -0.2) is 10.3 Å². The second-order valence-corrected chi connectivity index (χ2v) is 11.6. The van der Waals surface area contributed by atoms with Crippen molar-refractivity contribution < 1.29 is 23.1 Å². The summed E-state index contributed by atoms with van der Waals surface area (Å²) in [6, 6.07) is 18.3. The Bertz CT molecular complexity index is 1470. The normalized spacial score (nSPS) is 12.4. The van der Waals surface area contributed by atoms with Crippen LogP contribution in [0, 0.1) is 5.53 Å². The minimum absolute atomic E-state index is 0.0779. The lowest BCUT2D eigenvalue weighted by atomic mass is 9.87. The summed E-state index contributed by atoms with van der Waals surface area (Å²) in [5, 5.41) is 5.76. The van der Waals surface area contributed by atoms with Gasteiger partial charge in [-0.3, -0.25) is 9.69 Å². The molecule has 0 aromatic heterocycles. The van der Waals surface area contributed by atoms with Crippen LogP contribution < -0.4 is 20.7 Å². The molecular formula is C30H37N6O5S+. The van der Waals surface area contributed by atoms with E-state index in [9.17, 15) is 18.4 Å². The van der Waals surface area contributed by atoms with Crippen LogP contribution in [0.1, 0.15) is 62.0 Å².